The lowest BCUT2D eigenvalue weighted by Gasteiger charge is -2.46. The van der Waals surface area contributed by atoms with Crippen LogP contribution in [-0.2, 0) is 42.7 Å². The minimum absolute atomic E-state index is 0.0309. The van der Waals surface area contributed by atoms with Crippen molar-refractivity contribution in [2.45, 2.75) is 98.2 Å². The molecule has 14 N–H and O–H groups in total. The number of allylic oxidation sites excluding steroid dienone is 2. The van der Waals surface area contributed by atoms with E-state index in [1.165, 1.54) is 61.7 Å². The zero-order valence-electron chi connectivity index (χ0n) is 35.1. The number of rotatable bonds is 14. The standard InChI is InChI=1S/C43H50O24/c1-59-25-9-17(4-6-21(25)48)39-26(12-19-23(61-39)10-18(46)11-24(19)62-41-37(57)34(54)31(51)27(13-44)64-41)63-43-40(36(56)32(52)28(14-45)65-43)67-42-38(58)35(55)33(53)29(66-42)15-60-30(50)7-3-16-2-5-20(47)22(49)8-16/h2-12,23,27-29,31-38,40-49,51-58H,13-15H2,1H3/b7-3+/t23?,27-,28-,29-,31-,32-,33-,34+,35+,36+,37-,38-,40-,41-,42+,43-/m1/s1. The van der Waals surface area contributed by atoms with Crippen molar-refractivity contribution >= 4 is 17.8 Å². The van der Waals surface area contributed by atoms with E-state index in [2.05, 4.69) is 0 Å². The zero-order chi connectivity index (χ0) is 48.4. The van der Waals surface area contributed by atoms with Crippen LogP contribution in [0.15, 0.2) is 83.6 Å². The minimum atomic E-state index is -2.07. The van der Waals surface area contributed by atoms with E-state index in [9.17, 15) is 76.3 Å². The van der Waals surface area contributed by atoms with E-state index < -0.39 is 141 Å². The van der Waals surface area contributed by atoms with Gasteiger partial charge in [-0.25, -0.2) is 4.79 Å². The topological polar surface area (TPSA) is 383 Å². The van der Waals surface area contributed by atoms with Crippen LogP contribution in [0.2, 0.25) is 0 Å². The van der Waals surface area contributed by atoms with Gasteiger partial charge in [-0.15, -0.1) is 0 Å². The molecule has 7 rings (SSSR count). The third-order valence-corrected chi connectivity index (χ3v) is 11.3. The van der Waals surface area contributed by atoms with Crippen molar-refractivity contribution in [2.24, 2.45) is 0 Å². The van der Waals surface area contributed by atoms with E-state index in [0.29, 0.717) is 5.56 Å². The molecule has 0 saturated carbocycles. The smallest absolute Gasteiger partial charge is 0.330 e. The van der Waals surface area contributed by atoms with Crippen LogP contribution >= 0.6 is 0 Å². The average molecular weight is 951 g/mol. The van der Waals surface area contributed by atoms with Crippen LogP contribution in [0.25, 0.3) is 11.8 Å². The third-order valence-electron chi connectivity index (χ3n) is 11.3. The van der Waals surface area contributed by atoms with Gasteiger partial charge >= 0.3 is 5.97 Å². The van der Waals surface area contributed by atoms with Gasteiger partial charge in [0.25, 0.3) is 0 Å². The maximum Gasteiger partial charge on any atom is 0.330 e. The molecule has 5 aliphatic rings. The Bertz CT molecular complexity index is 2260. The highest BCUT2D eigenvalue weighted by atomic mass is 16.8. The number of esters is 1. The number of hydrogen-bond donors (Lipinski definition) is 14. The molecule has 24 nitrogen and oxygen atoms in total. The van der Waals surface area contributed by atoms with Crippen molar-refractivity contribution in [3.8, 4) is 23.0 Å². The molecule has 0 amide bonds. The summed E-state index contributed by atoms with van der Waals surface area (Å²) in [4.78, 5) is 12.6. The summed E-state index contributed by atoms with van der Waals surface area (Å²) < 4.78 is 52.0. The van der Waals surface area contributed by atoms with Crippen LogP contribution in [0.5, 0.6) is 23.0 Å². The second-order valence-electron chi connectivity index (χ2n) is 15.8. The lowest BCUT2D eigenvalue weighted by atomic mass is 9.95. The SMILES string of the molecule is COc1cc(C2=C(O[C@@H]3O[C@H](CO)[C@@H](O)[C@H](O)[C@H]3O[C@@H]3O[C@H](COC(=O)/C=C/c4ccc(O)c(O)c4)[C@@H](O)[C@H](O)[C@H]3O)C=C3C(O[C@@H]4O[C@H](CO)[C@@H](O)[C@H](O)[C@H]4O)=CC(O)=CC3O2)ccc1O. The third kappa shape index (κ3) is 10.5. The summed E-state index contributed by atoms with van der Waals surface area (Å²) in [7, 11) is 1.27. The van der Waals surface area contributed by atoms with E-state index in [-0.39, 0.29) is 39.9 Å². The first-order valence-electron chi connectivity index (χ1n) is 20.5. The Morgan fingerprint density at radius 1 is 0.672 bits per heavy atom. The number of benzene rings is 2. The lowest BCUT2D eigenvalue weighted by Crippen LogP contribution is -2.64. The second-order valence-corrected chi connectivity index (χ2v) is 15.8. The molecule has 1 aliphatic carbocycles. The number of phenolic OH excluding ortho intramolecular Hbond substituents is 3. The highest BCUT2D eigenvalue weighted by Crippen LogP contribution is 2.42. The molecule has 67 heavy (non-hydrogen) atoms. The summed E-state index contributed by atoms with van der Waals surface area (Å²) in [5.41, 5.74) is 0.491. The average Bonchev–Trinajstić information content (AvgIpc) is 3.31. The fourth-order valence-electron chi connectivity index (χ4n) is 7.57. The van der Waals surface area contributed by atoms with E-state index in [1.54, 1.807) is 0 Å². The molecule has 3 saturated heterocycles. The predicted octanol–water partition coefficient (Wildman–Crippen LogP) is -3.13. The van der Waals surface area contributed by atoms with Crippen LogP contribution in [0.3, 0.4) is 0 Å². The quantitative estimate of drug-likeness (QED) is 0.0506. The molecule has 1 unspecified atom stereocenters. The van der Waals surface area contributed by atoms with Gasteiger partial charge in [0.2, 0.25) is 12.6 Å². The van der Waals surface area contributed by atoms with E-state index >= 15 is 0 Å². The molecule has 2 aromatic carbocycles. The Morgan fingerprint density at radius 2 is 1.30 bits per heavy atom. The summed E-state index contributed by atoms with van der Waals surface area (Å²) in [5.74, 6) is -3.29. The minimum Gasteiger partial charge on any atom is -0.508 e. The number of fused-ring (bicyclic) bond motifs is 1. The second kappa shape index (κ2) is 20.8. The molecule has 0 aromatic heterocycles. The first-order valence-corrected chi connectivity index (χ1v) is 20.5. The van der Waals surface area contributed by atoms with Crippen molar-refractivity contribution in [1.29, 1.82) is 0 Å². The maximum atomic E-state index is 12.6. The van der Waals surface area contributed by atoms with E-state index in [4.69, 9.17) is 42.6 Å². The monoisotopic (exact) mass is 950 g/mol. The number of methoxy groups -OCH3 is 1. The molecule has 4 aliphatic heterocycles. The number of carbonyl (C=O) groups excluding carboxylic acids is 1. The van der Waals surface area contributed by atoms with Gasteiger partial charge in [0.05, 0.1) is 20.3 Å². The highest BCUT2D eigenvalue weighted by Gasteiger charge is 2.52. The molecular weight excluding hydrogens is 900 g/mol. The van der Waals surface area contributed by atoms with Gasteiger partial charge in [-0.2, -0.15) is 0 Å². The van der Waals surface area contributed by atoms with Crippen LogP contribution < -0.4 is 4.74 Å². The number of ether oxygens (including phenoxy) is 9. The molecule has 3 fully saturated rings. The first kappa shape index (κ1) is 49.4. The van der Waals surface area contributed by atoms with Gasteiger partial charge in [-0.05, 0) is 48.0 Å². The van der Waals surface area contributed by atoms with E-state index in [0.717, 1.165) is 12.2 Å². The van der Waals surface area contributed by atoms with Crippen molar-refractivity contribution < 1.29 is 119 Å². The van der Waals surface area contributed by atoms with E-state index in [1.807, 2.05) is 0 Å². The molecule has 24 heteroatoms. The summed E-state index contributed by atoms with van der Waals surface area (Å²) >= 11 is 0. The number of aliphatic hydroxyl groups excluding tert-OH is 11. The summed E-state index contributed by atoms with van der Waals surface area (Å²) in [5, 5.41) is 147. The van der Waals surface area contributed by atoms with Crippen molar-refractivity contribution in [3.63, 3.8) is 0 Å². The predicted molar refractivity (Wildman–Crippen MR) is 218 cm³/mol. The number of hydrogen-bond acceptors (Lipinski definition) is 24. The zero-order valence-corrected chi connectivity index (χ0v) is 35.1. The molecular formula is C43H50O24. The van der Waals surface area contributed by atoms with Crippen LogP contribution in [0.4, 0.5) is 0 Å². The van der Waals surface area contributed by atoms with Gasteiger partial charge in [-0.1, -0.05) is 6.07 Å². The van der Waals surface area contributed by atoms with Gasteiger partial charge in [0.15, 0.2) is 46.9 Å². The lowest BCUT2D eigenvalue weighted by molar-refractivity contribution is -0.363. The summed E-state index contributed by atoms with van der Waals surface area (Å²) in [6.07, 6.45) is -22.9. The van der Waals surface area contributed by atoms with Crippen LogP contribution in [0.1, 0.15) is 11.1 Å². The van der Waals surface area contributed by atoms with Gasteiger partial charge in [-0.3, -0.25) is 0 Å². The fraction of sp³-hybridized carbons (Fsp3) is 0.465. The summed E-state index contributed by atoms with van der Waals surface area (Å²) in [6, 6.07) is 7.71. The number of aliphatic hydroxyl groups is 11. The van der Waals surface area contributed by atoms with Gasteiger partial charge in [0.1, 0.15) is 91.4 Å². The molecule has 0 radical (unpaired) electrons. The summed E-state index contributed by atoms with van der Waals surface area (Å²) in [6.45, 7) is -2.41. The normalized spacial score (nSPS) is 35.4. The Morgan fingerprint density at radius 3 is 1.97 bits per heavy atom. The molecule has 4 heterocycles. The van der Waals surface area contributed by atoms with Gasteiger partial charge < -0.3 is 114 Å². The molecule has 366 valence electrons. The molecule has 16 atom stereocenters. The number of phenols is 3. The van der Waals surface area contributed by atoms with Crippen molar-refractivity contribution in [3.05, 3.63) is 94.7 Å². The Kier molecular flexibility index (Phi) is 15.3. The Balaban J connectivity index is 1.18. The molecule has 0 spiro atoms. The molecule has 0 bridgehead atoms. The maximum absolute atomic E-state index is 12.6. The highest BCUT2D eigenvalue weighted by molar-refractivity contribution is 5.87. The first-order chi connectivity index (χ1) is 31.9. The number of carbonyl (C=O) groups is 1. The van der Waals surface area contributed by atoms with Crippen LogP contribution in [-0.4, -0.2) is 203 Å². The largest absolute Gasteiger partial charge is 0.508 e. The van der Waals surface area contributed by atoms with Crippen LogP contribution in [0, 0.1) is 0 Å². The number of aromatic hydroxyl groups is 3. The van der Waals surface area contributed by atoms with Crippen molar-refractivity contribution in [1.82, 2.24) is 0 Å². The molecule has 2 aromatic rings. The Hall–Kier alpha value is -5.55. The fourth-order valence-corrected chi connectivity index (χ4v) is 7.57. The Labute approximate surface area is 379 Å². The van der Waals surface area contributed by atoms with Crippen molar-refractivity contribution in [2.75, 3.05) is 26.9 Å². The van der Waals surface area contributed by atoms with Gasteiger partial charge in [0, 0.05) is 29.4 Å².